The molecule has 1 heterocycles. The summed E-state index contributed by atoms with van der Waals surface area (Å²) >= 11 is 0. The summed E-state index contributed by atoms with van der Waals surface area (Å²) < 4.78 is 13.0. The standard InChI is InChI=1S/C21H21FN4O/c1-2-3-18-21(26-20(27)12-14-4-8-16(22)9-5-14)24-13-19(25-18)15-6-10-17(23)11-7-15/h4-11,13H,2-3,12,23H2,1H3,(H,24,26,27). The predicted octanol–water partition coefficient (Wildman–Crippen LogP) is 4.00. The van der Waals surface area contributed by atoms with Crippen molar-refractivity contribution in [2.75, 3.05) is 11.1 Å². The maximum atomic E-state index is 13.0. The van der Waals surface area contributed by atoms with Crippen molar-refractivity contribution in [2.24, 2.45) is 0 Å². The average molecular weight is 364 g/mol. The minimum Gasteiger partial charge on any atom is -0.399 e. The van der Waals surface area contributed by atoms with Gasteiger partial charge in [0.25, 0.3) is 0 Å². The van der Waals surface area contributed by atoms with Crippen LogP contribution in [-0.4, -0.2) is 15.9 Å². The van der Waals surface area contributed by atoms with Gasteiger partial charge in [0.05, 0.1) is 24.0 Å². The Bertz CT molecular complexity index is 924. The van der Waals surface area contributed by atoms with Crippen LogP contribution in [0, 0.1) is 5.82 Å². The lowest BCUT2D eigenvalue weighted by Gasteiger charge is -2.11. The van der Waals surface area contributed by atoms with Crippen LogP contribution in [0.2, 0.25) is 0 Å². The number of hydrogen-bond donors (Lipinski definition) is 2. The highest BCUT2D eigenvalue weighted by atomic mass is 19.1. The molecule has 0 saturated heterocycles. The van der Waals surface area contributed by atoms with Crippen molar-refractivity contribution in [3.63, 3.8) is 0 Å². The number of anilines is 2. The van der Waals surface area contributed by atoms with E-state index >= 15 is 0 Å². The molecule has 2 aromatic carbocycles. The number of carbonyl (C=O) groups excluding carboxylic acids is 1. The Labute approximate surface area is 157 Å². The summed E-state index contributed by atoms with van der Waals surface area (Å²) in [4.78, 5) is 21.4. The van der Waals surface area contributed by atoms with Gasteiger partial charge in [0.1, 0.15) is 5.82 Å². The van der Waals surface area contributed by atoms with Gasteiger partial charge >= 0.3 is 0 Å². The summed E-state index contributed by atoms with van der Waals surface area (Å²) in [6, 6.07) is 13.3. The Kier molecular flexibility index (Phi) is 5.76. The molecule has 3 aromatic rings. The van der Waals surface area contributed by atoms with Gasteiger partial charge in [-0.15, -0.1) is 0 Å². The second kappa shape index (κ2) is 8.40. The molecule has 5 nitrogen and oxygen atoms in total. The predicted molar refractivity (Wildman–Crippen MR) is 105 cm³/mol. The lowest BCUT2D eigenvalue weighted by atomic mass is 10.1. The zero-order chi connectivity index (χ0) is 19.2. The van der Waals surface area contributed by atoms with E-state index in [-0.39, 0.29) is 18.1 Å². The van der Waals surface area contributed by atoms with E-state index in [0.29, 0.717) is 17.9 Å². The van der Waals surface area contributed by atoms with Crippen molar-refractivity contribution in [1.82, 2.24) is 9.97 Å². The molecule has 1 amide bonds. The molecule has 0 unspecified atom stereocenters. The summed E-state index contributed by atoms with van der Waals surface area (Å²) in [6.45, 7) is 2.04. The Balaban J connectivity index is 1.78. The molecule has 0 aliphatic heterocycles. The third kappa shape index (κ3) is 4.88. The number of nitrogen functional groups attached to an aromatic ring is 1. The lowest BCUT2D eigenvalue weighted by Crippen LogP contribution is -2.17. The number of aromatic nitrogens is 2. The van der Waals surface area contributed by atoms with Crippen LogP contribution in [0.25, 0.3) is 11.3 Å². The van der Waals surface area contributed by atoms with Crippen molar-refractivity contribution in [3.05, 3.63) is 71.8 Å². The Morgan fingerprint density at radius 2 is 1.81 bits per heavy atom. The van der Waals surface area contributed by atoms with Crippen molar-refractivity contribution in [3.8, 4) is 11.3 Å². The molecule has 1 aromatic heterocycles. The molecule has 0 fully saturated rings. The van der Waals surface area contributed by atoms with Gasteiger partial charge in [-0.05, 0) is 36.2 Å². The first-order valence-electron chi connectivity index (χ1n) is 8.81. The van der Waals surface area contributed by atoms with E-state index in [1.165, 1.54) is 12.1 Å². The fourth-order valence-electron chi connectivity index (χ4n) is 2.70. The molecule has 0 aliphatic carbocycles. The van der Waals surface area contributed by atoms with Crippen LogP contribution in [0.15, 0.2) is 54.7 Å². The number of aryl methyl sites for hydroxylation is 1. The van der Waals surface area contributed by atoms with E-state index in [9.17, 15) is 9.18 Å². The second-order valence-electron chi connectivity index (χ2n) is 6.27. The van der Waals surface area contributed by atoms with Gasteiger partial charge in [-0.2, -0.15) is 0 Å². The first kappa shape index (κ1) is 18.5. The molecule has 6 heteroatoms. The number of carbonyl (C=O) groups is 1. The summed E-state index contributed by atoms with van der Waals surface area (Å²) in [7, 11) is 0. The largest absolute Gasteiger partial charge is 0.399 e. The molecule has 0 radical (unpaired) electrons. The molecule has 138 valence electrons. The van der Waals surface area contributed by atoms with Gasteiger partial charge < -0.3 is 11.1 Å². The van der Waals surface area contributed by atoms with Gasteiger partial charge in [-0.1, -0.05) is 37.6 Å². The summed E-state index contributed by atoms with van der Waals surface area (Å²) in [5, 5.41) is 2.82. The number of nitrogens with two attached hydrogens (primary N) is 1. The monoisotopic (exact) mass is 364 g/mol. The van der Waals surface area contributed by atoms with E-state index in [0.717, 1.165) is 28.9 Å². The summed E-state index contributed by atoms with van der Waals surface area (Å²) in [6.07, 6.45) is 3.36. The van der Waals surface area contributed by atoms with E-state index < -0.39 is 0 Å². The van der Waals surface area contributed by atoms with Crippen LogP contribution >= 0.6 is 0 Å². The van der Waals surface area contributed by atoms with E-state index in [2.05, 4.69) is 15.3 Å². The third-order valence-electron chi connectivity index (χ3n) is 4.07. The first-order valence-corrected chi connectivity index (χ1v) is 8.81. The first-order chi connectivity index (χ1) is 13.0. The van der Waals surface area contributed by atoms with Crippen LogP contribution in [0.3, 0.4) is 0 Å². The second-order valence-corrected chi connectivity index (χ2v) is 6.27. The van der Waals surface area contributed by atoms with Gasteiger partial charge in [-0.25, -0.2) is 14.4 Å². The SMILES string of the molecule is CCCc1nc(-c2ccc(N)cc2)cnc1NC(=O)Cc1ccc(F)cc1. The quantitative estimate of drug-likeness (QED) is 0.648. The Hall–Kier alpha value is -3.28. The van der Waals surface area contributed by atoms with Crippen LogP contribution in [0.1, 0.15) is 24.6 Å². The number of halogens is 1. The fourth-order valence-corrected chi connectivity index (χ4v) is 2.70. The molecule has 0 atom stereocenters. The smallest absolute Gasteiger partial charge is 0.229 e. The number of benzene rings is 2. The number of rotatable bonds is 6. The van der Waals surface area contributed by atoms with Crippen molar-refractivity contribution in [1.29, 1.82) is 0 Å². The fraction of sp³-hybridized carbons (Fsp3) is 0.190. The highest BCUT2D eigenvalue weighted by molar-refractivity contribution is 5.92. The lowest BCUT2D eigenvalue weighted by molar-refractivity contribution is -0.115. The van der Waals surface area contributed by atoms with Crippen LogP contribution < -0.4 is 11.1 Å². The normalized spacial score (nSPS) is 10.6. The van der Waals surface area contributed by atoms with Crippen LogP contribution in [-0.2, 0) is 17.6 Å². The number of hydrogen-bond acceptors (Lipinski definition) is 4. The third-order valence-corrected chi connectivity index (χ3v) is 4.07. The van der Waals surface area contributed by atoms with Crippen molar-refractivity contribution >= 4 is 17.4 Å². The van der Waals surface area contributed by atoms with Crippen LogP contribution in [0.5, 0.6) is 0 Å². The number of nitrogens with one attached hydrogen (secondary N) is 1. The van der Waals surface area contributed by atoms with E-state index in [1.807, 2.05) is 31.2 Å². The molecule has 0 aliphatic rings. The van der Waals surface area contributed by atoms with E-state index in [4.69, 9.17) is 5.73 Å². The molecule has 3 rings (SSSR count). The summed E-state index contributed by atoms with van der Waals surface area (Å²) in [5.74, 6) is -0.0785. The molecule has 0 saturated carbocycles. The van der Waals surface area contributed by atoms with Crippen molar-refractivity contribution in [2.45, 2.75) is 26.2 Å². The van der Waals surface area contributed by atoms with Gasteiger partial charge in [0, 0.05) is 11.3 Å². The maximum absolute atomic E-state index is 13.0. The minimum atomic E-state index is -0.325. The van der Waals surface area contributed by atoms with Crippen molar-refractivity contribution < 1.29 is 9.18 Å². The van der Waals surface area contributed by atoms with Crippen LogP contribution in [0.4, 0.5) is 15.9 Å². The molecule has 27 heavy (non-hydrogen) atoms. The van der Waals surface area contributed by atoms with Gasteiger partial charge in [0.15, 0.2) is 5.82 Å². The zero-order valence-electron chi connectivity index (χ0n) is 15.1. The van der Waals surface area contributed by atoms with E-state index in [1.54, 1.807) is 18.3 Å². The van der Waals surface area contributed by atoms with Gasteiger partial charge in [0.2, 0.25) is 5.91 Å². The molecule has 0 spiro atoms. The molecule has 0 bridgehead atoms. The summed E-state index contributed by atoms with van der Waals surface area (Å²) in [5.41, 5.74) is 9.53. The number of amides is 1. The highest BCUT2D eigenvalue weighted by Crippen LogP contribution is 2.22. The minimum absolute atomic E-state index is 0.146. The zero-order valence-corrected chi connectivity index (χ0v) is 15.1. The highest BCUT2D eigenvalue weighted by Gasteiger charge is 2.12. The Morgan fingerprint density at radius 3 is 2.48 bits per heavy atom. The Morgan fingerprint density at radius 1 is 1.11 bits per heavy atom. The molecule has 3 N–H and O–H groups in total. The average Bonchev–Trinajstić information content (AvgIpc) is 2.66. The number of nitrogens with zero attached hydrogens (tertiary/aromatic N) is 2. The maximum Gasteiger partial charge on any atom is 0.229 e. The van der Waals surface area contributed by atoms with Gasteiger partial charge in [-0.3, -0.25) is 4.79 Å². The topological polar surface area (TPSA) is 80.9 Å². The molecular weight excluding hydrogens is 343 g/mol. The molecular formula is C21H21FN4O.